The standard InChI is InChI=1S/C22H22ClFN4O2/c1-4-28(22(30)27-14-9-10-19(24)18(23)11-14)13(2)17-12-26-20(21(29)25-3)16-8-6-5-7-15(16)17/h5-13H,4H2,1-3H3,(H,25,29)(H,27,30). The lowest BCUT2D eigenvalue weighted by Gasteiger charge is -2.29. The van der Waals surface area contributed by atoms with Gasteiger partial charge in [-0.15, -0.1) is 0 Å². The zero-order chi connectivity index (χ0) is 21.8. The van der Waals surface area contributed by atoms with Gasteiger partial charge in [0.1, 0.15) is 11.5 Å². The maximum absolute atomic E-state index is 13.4. The molecule has 30 heavy (non-hydrogen) atoms. The van der Waals surface area contributed by atoms with Gasteiger partial charge in [-0.1, -0.05) is 35.9 Å². The number of nitrogens with one attached hydrogen (secondary N) is 2. The summed E-state index contributed by atoms with van der Waals surface area (Å²) in [6.45, 7) is 4.18. The Kier molecular flexibility index (Phi) is 6.52. The van der Waals surface area contributed by atoms with Crippen LogP contribution in [0.15, 0.2) is 48.7 Å². The smallest absolute Gasteiger partial charge is 0.322 e. The van der Waals surface area contributed by atoms with E-state index in [4.69, 9.17) is 11.6 Å². The lowest BCUT2D eigenvalue weighted by atomic mass is 9.99. The minimum absolute atomic E-state index is 0.0659. The molecule has 2 N–H and O–H groups in total. The van der Waals surface area contributed by atoms with Crippen LogP contribution in [0.25, 0.3) is 10.8 Å². The first-order valence-electron chi connectivity index (χ1n) is 9.49. The van der Waals surface area contributed by atoms with Gasteiger partial charge in [0, 0.05) is 36.4 Å². The maximum Gasteiger partial charge on any atom is 0.322 e. The molecule has 0 bridgehead atoms. The third-order valence-corrected chi connectivity index (χ3v) is 5.25. The lowest BCUT2D eigenvalue weighted by Crippen LogP contribution is -2.37. The van der Waals surface area contributed by atoms with Crippen LogP contribution >= 0.6 is 11.6 Å². The summed E-state index contributed by atoms with van der Waals surface area (Å²) in [5.41, 5.74) is 1.54. The Morgan fingerprint density at radius 3 is 2.53 bits per heavy atom. The van der Waals surface area contributed by atoms with Gasteiger partial charge in [0.25, 0.3) is 5.91 Å². The van der Waals surface area contributed by atoms with Gasteiger partial charge in [-0.05, 0) is 37.4 Å². The largest absolute Gasteiger partial charge is 0.354 e. The first-order chi connectivity index (χ1) is 14.4. The Morgan fingerprint density at radius 2 is 1.90 bits per heavy atom. The molecule has 1 atom stereocenters. The molecule has 0 fully saturated rings. The number of carbonyl (C=O) groups is 2. The first-order valence-corrected chi connectivity index (χ1v) is 9.87. The van der Waals surface area contributed by atoms with Crippen LogP contribution in [-0.2, 0) is 0 Å². The number of fused-ring (bicyclic) bond motifs is 1. The molecule has 3 amide bonds. The minimum Gasteiger partial charge on any atom is -0.354 e. The molecule has 1 unspecified atom stereocenters. The van der Waals surface area contributed by atoms with E-state index in [-0.39, 0.29) is 23.0 Å². The van der Waals surface area contributed by atoms with Crippen LogP contribution in [0.1, 0.15) is 35.9 Å². The molecule has 0 saturated heterocycles. The second-order valence-corrected chi connectivity index (χ2v) is 7.12. The molecule has 2 aromatic carbocycles. The number of pyridine rings is 1. The van der Waals surface area contributed by atoms with Crippen molar-refractivity contribution in [1.82, 2.24) is 15.2 Å². The van der Waals surface area contributed by atoms with Crippen molar-refractivity contribution >= 4 is 40.0 Å². The average Bonchev–Trinajstić information content (AvgIpc) is 2.75. The summed E-state index contributed by atoms with van der Waals surface area (Å²) in [5, 5.41) is 6.83. The highest BCUT2D eigenvalue weighted by molar-refractivity contribution is 6.31. The van der Waals surface area contributed by atoms with E-state index in [1.54, 1.807) is 18.1 Å². The van der Waals surface area contributed by atoms with Crippen LogP contribution in [0, 0.1) is 5.82 Å². The van der Waals surface area contributed by atoms with Gasteiger partial charge in [0.05, 0.1) is 11.1 Å². The number of hydrogen-bond donors (Lipinski definition) is 2. The van der Waals surface area contributed by atoms with Crippen molar-refractivity contribution in [3.63, 3.8) is 0 Å². The van der Waals surface area contributed by atoms with Crippen molar-refractivity contribution in [2.24, 2.45) is 0 Å². The number of benzene rings is 2. The highest BCUT2D eigenvalue weighted by Crippen LogP contribution is 2.30. The third kappa shape index (κ3) is 4.21. The highest BCUT2D eigenvalue weighted by Gasteiger charge is 2.24. The topological polar surface area (TPSA) is 74.3 Å². The molecule has 3 aromatic rings. The number of anilines is 1. The Morgan fingerprint density at radius 1 is 1.20 bits per heavy atom. The lowest BCUT2D eigenvalue weighted by molar-refractivity contribution is 0.0960. The SMILES string of the molecule is CCN(C(=O)Nc1ccc(F)c(Cl)c1)C(C)c1cnc(C(=O)NC)c2ccccc12. The van der Waals surface area contributed by atoms with Crippen molar-refractivity contribution in [3.05, 3.63) is 70.8 Å². The van der Waals surface area contributed by atoms with Crippen molar-refractivity contribution in [2.45, 2.75) is 19.9 Å². The number of carbonyl (C=O) groups excluding carboxylic acids is 2. The molecule has 8 heteroatoms. The predicted molar refractivity (Wildman–Crippen MR) is 116 cm³/mol. The molecule has 0 spiro atoms. The van der Waals surface area contributed by atoms with E-state index in [9.17, 15) is 14.0 Å². The summed E-state index contributed by atoms with van der Waals surface area (Å²) < 4.78 is 13.4. The van der Waals surface area contributed by atoms with Gasteiger partial charge < -0.3 is 15.5 Å². The van der Waals surface area contributed by atoms with E-state index in [0.717, 1.165) is 10.9 Å². The van der Waals surface area contributed by atoms with Crippen molar-refractivity contribution < 1.29 is 14.0 Å². The molecule has 3 rings (SSSR count). The normalized spacial score (nSPS) is 11.8. The molecule has 0 radical (unpaired) electrons. The number of hydrogen-bond acceptors (Lipinski definition) is 3. The minimum atomic E-state index is -0.552. The fraction of sp³-hybridized carbons (Fsp3) is 0.227. The van der Waals surface area contributed by atoms with E-state index in [1.165, 1.54) is 18.2 Å². The molecule has 0 saturated carbocycles. The Bertz CT molecular complexity index is 1110. The monoisotopic (exact) mass is 428 g/mol. The quantitative estimate of drug-likeness (QED) is 0.600. The summed E-state index contributed by atoms with van der Waals surface area (Å²) in [5.74, 6) is -0.826. The molecular formula is C22H22ClFN4O2. The molecule has 6 nitrogen and oxygen atoms in total. The second kappa shape index (κ2) is 9.09. The average molecular weight is 429 g/mol. The van der Waals surface area contributed by atoms with Crippen LogP contribution in [0.3, 0.4) is 0 Å². The summed E-state index contributed by atoms with van der Waals surface area (Å²) in [7, 11) is 1.56. The molecular weight excluding hydrogens is 407 g/mol. The van der Waals surface area contributed by atoms with E-state index >= 15 is 0 Å². The van der Waals surface area contributed by atoms with E-state index < -0.39 is 5.82 Å². The van der Waals surface area contributed by atoms with E-state index in [1.807, 2.05) is 38.1 Å². The van der Waals surface area contributed by atoms with Crippen molar-refractivity contribution in [1.29, 1.82) is 0 Å². The van der Waals surface area contributed by atoms with Gasteiger partial charge >= 0.3 is 6.03 Å². The summed E-state index contributed by atoms with van der Waals surface area (Å²) in [6, 6.07) is 10.8. The van der Waals surface area contributed by atoms with Gasteiger partial charge in [0.2, 0.25) is 0 Å². The summed E-state index contributed by atoms with van der Waals surface area (Å²) in [6.07, 6.45) is 1.63. The summed E-state index contributed by atoms with van der Waals surface area (Å²) in [4.78, 5) is 31.1. The van der Waals surface area contributed by atoms with Crippen LogP contribution in [0.2, 0.25) is 5.02 Å². The van der Waals surface area contributed by atoms with Crippen LogP contribution < -0.4 is 10.6 Å². The molecule has 0 aliphatic carbocycles. The fourth-order valence-electron chi connectivity index (χ4n) is 3.38. The molecule has 156 valence electrons. The van der Waals surface area contributed by atoms with Crippen molar-refractivity contribution in [3.8, 4) is 0 Å². The number of halogens is 2. The number of urea groups is 1. The van der Waals surface area contributed by atoms with Crippen LogP contribution in [-0.4, -0.2) is 35.4 Å². The molecule has 1 aromatic heterocycles. The number of amides is 3. The van der Waals surface area contributed by atoms with E-state index in [2.05, 4.69) is 15.6 Å². The fourth-order valence-corrected chi connectivity index (χ4v) is 3.56. The first kappa shape index (κ1) is 21.5. The molecule has 1 heterocycles. The number of aromatic nitrogens is 1. The van der Waals surface area contributed by atoms with Gasteiger partial charge in [-0.2, -0.15) is 0 Å². The number of nitrogens with zero attached hydrogens (tertiary/aromatic N) is 2. The van der Waals surface area contributed by atoms with Crippen LogP contribution in [0.4, 0.5) is 14.9 Å². The van der Waals surface area contributed by atoms with Crippen LogP contribution in [0.5, 0.6) is 0 Å². The van der Waals surface area contributed by atoms with Gasteiger partial charge in [0.15, 0.2) is 0 Å². The Balaban J connectivity index is 1.94. The van der Waals surface area contributed by atoms with E-state index in [0.29, 0.717) is 23.3 Å². The maximum atomic E-state index is 13.4. The zero-order valence-electron chi connectivity index (χ0n) is 16.9. The van der Waals surface area contributed by atoms with Gasteiger partial charge in [-0.3, -0.25) is 9.78 Å². The molecule has 0 aliphatic rings. The second-order valence-electron chi connectivity index (χ2n) is 6.71. The Hall–Kier alpha value is -3.19. The summed E-state index contributed by atoms with van der Waals surface area (Å²) >= 11 is 5.81. The Labute approximate surface area is 179 Å². The third-order valence-electron chi connectivity index (χ3n) is 4.96. The predicted octanol–water partition coefficient (Wildman–Crippen LogP) is 5.00. The zero-order valence-corrected chi connectivity index (χ0v) is 17.6. The molecule has 0 aliphatic heterocycles. The highest BCUT2D eigenvalue weighted by atomic mass is 35.5. The number of rotatable bonds is 5. The van der Waals surface area contributed by atoms with Crippen molar-refractivity contribution in [2.75, 3.05) is 18.9 Å². The van der Waals surface area contributed by atoms with Gasteiger partial charge in [-0.25, -0.2) is 9.18 Å².